The first-order valence-corrected chi connectivity index (χ1v) is 9.74. The number of nitrogens with one attached hydrogen (secondary N) is 2. The first kappa shape index (κ1) is 18.9. The van der Waals surface area contributed by atoms with Gasteiger partial charge in [0.05, 0.1) is 10.9 Å². The summed E-state index contributed by atoms with van der Waals surface area (Å²) in [7, 11) is 0. The number of aromatic nitrogens is 2. The molecular formula is C20H23F2N3O3. The van der Waals surface area contributed by atoms with Gasteiger partial charge in [-0.3, -0.25) is 9.59 Å². The van der Waals surface area contributed by atoms with Gasteiger partial charge in [0.2, 0.25) is 11.1 Å². The summed E-state index contributed by atoms with van der Waals surface area (Å²) in [5.41, 5.74) is -1.40. The molecule has 0 spiro atoms. The lowest BCUT2D eigenvalue weighted by molar-refractivity contribution is 0.428. The Bertz CT molecular complexity index is 1160. The van der Waals surface area contributed by atoms with E-state index in [0.717, 1.165) is 25.6 Å². The molecule has 8 heteroatoms. The average molecular weight is 391 g/mol. The van der Waals surface area contributed by atoms with Crippen LogP contribution in [0.3, 0.4) is 0 Å². The Morgan fingerprint density at radius 3 is 2.79 bits per heavy atom. The minimum atomic E-state index is -0.728. The summed E-state index contributed by atoms with van der Waals surface area (Å²) < 4.78 is 37.1. The molecule has 2 heterocycles. The number of aryl methyl sites for hydroxylation is 1. The first-order chi connectivity index (χ1) is 13.5. The molecule has 0 aliphatic heterocycles. The van der Waals surface area contributed by atoms with Crippen molar-refractivity contribution in [1.82, 2.24) is 15.0 Å². The third-order valence-electron chi connectivity index (χ3n) is 5.84. The minimum absolute atomic E-state index is 0.00529. The number of pyridine rings is 1. The first-order valence-electron chi connectivity index (χ1n) is 9.74. The van der Waals surface area contributed by atoms with Crippen molar-refractivity contribution in [1.29, 1.82) is 0 Å². The van der Waals surface area contributed by atoms with Gasteiger partial charge in [-0.1, -0.05) is 6.92 Å². The van der Waals surface area contributed by atoms with Crippen molar-refractivity contribution >= 4 is 22.0 Å². The van der Waals surface area contributed by atoms with Crippen molar-refractivity contribution < 1.29 is 13.3 Å². The van der Waals surface area contributed by atoms with Gasteiger partial charge in [0.1, 0.15) is 5.82 Å². The van der Waals surface area contributed by atoms with Gasteiger partial charge in [-0.05, 0) is 57.2 Å². The largest absolute Gasteiger partial charge is 0.360 e. The molecule has 1 aromatic carbocycles. The van der Waals surface area contributed by atoms with E-state index in [1.54, 1.807) is 6.92 Å². The van der Waals surface area contributed by atoms with Crippen molar-refractivity contribution in [2.45, 2.75) is 45.6 Å². The Morgan fingerprint density at radius 2 is 2.07 bits per heavy atom. The van der Waals surface area contributed by atoms with E-state index in [1.807, 2.05) is 6.92 Å². The SMILES string of the molecule is CCNCC1CCC(c2c(F)cc3c(=O)c4c(=O)[nH]oc4n(CC)c3c2F)C1. The minimum Gasteiger partial charge on any atom is -0.360 e. The van der Waals surface area contributed by atoms with Gasteiger partial charge in [0.15, 0.2) is 11.2 Å². The van der Waals surface area contributed by atoms with Crippen molar-refractivity contribution in [3.05, 3.63) is 43.8 Å². The van der Waals surface area contributed by atoms with Crippen molar-refractivity contribution in [2.24, 2.45) is 5.92 Å². The molecule has 3 aromatic rings. The van der Waals surface area contributed by atoms with Crippen LogP contribution in [-0.2, 0) is 6.54 Å². The second kappa shape index (κ2) is 7.16. The summed E-state index contributed by atoms with van der Waals surface area (Å²) in [6.45, 7) is 5.74. The molecule has 4 rings (SSSR count). The van der Waals surface area contributed by atoms with Gasteiger partial charge in [-0.2, -0.15) is 5.16 Å². The molecule has 0 bridgehead atoms. The highest BCUT2D eigenvalue weighted by Crippen LogP contribution is 2.41. The molecule has 2 unspecified atom stereocenters. The Labute approximate surface area is 159 Å². The fourth-order valence-corrected chi connectivity index (χ4v) is 4.53. The van der Waals surface area contributed by atoms with Crippen LogP contribution in [0, 0.1) is 17.6 Å². The summed E-state index contributed by atoms with van der Waals surface area (Å²) in [6, 6.07) is 1.08. The van der Waals surface area contributed by atoms with E-state index in [-0.39, 0.29) is 40.0 Å². The predicted molar refractivity (Wildman–Crippen MR) is 103 cm³/mol. The maximum Gasteiger partial charge on any atom is 0.293 e. The third-order valence-corrected chi connectivity index (χ3v) is 5.84. The molecule has 6 nitrogen and oxygen atoms in total. The number of halogens is 2. The highest BCUT2D eigenvalue weighted by Gasteiger charge is 2.32. The molecule has 2 atom stereocenters. The zero-order valence-electron chi connectivity index (χ0n) is 15.9. The van der Waals surface area contributed by atoms with Crippen molar-refractivity contribution in [2.75, 3.05) is 13.1 Å². The molecule has 0 amide bonds. The van der Waals surface area contributed by atoms with E-state index < -0.39 is 22.6 Å². The van der Waals surface area contributed by atoms with Crippen LogP contribution in [0.25, 0.3) is 22.0 Å². The molecule has 1 saturated carbocycles. The second-order valence-electron chi connectivity index (χ2n) is 7.45. The fraction of sp³-hybridized carbons (Fsp3) is 0.500. The molecule has 2 N–H and O–H groups in total. The molecule has 1 aliphatic rings. The van der Waals surface area contributed by atoms with Crippen LogP contribution >= 0.6 is 0 Å². The van der Waals surface area contributed by atoms with Gasteiger partial charge in [-0.15, -0.1) is 0 Å². The normalized spacial score (nSPS) is 19.9. The van der Waals surface area contributed by atoms with E-state index in [9.17, 15) is 14.0 Å². The van der Waals surface area contributed by atoms with Crippen LogP contribution in [0.4, 0.5) is 8.78 Å². The van der Waals surface area contributed by atoms with Gasteiger partial charge in [0.25, 0.3) is 5.56 Å². The molecule has 28 heavy (non-hydrogen) atoms. The highest BCUT2D eigenvalue weighted by atomic mass is 19.1. The third kappa shape index (κ3) is 2.78. The maximum absolute atomic E-state index is 15.6. The van der Waals surface area contributed by atoms with Gasteiger partial charge in [-0.25, -0.2) is 8.78 Å². The zero-order chi connectivity index (χ0) is 20.0. The number of benzene rings is 1. The van der Waals surface area contributed by atoms with Gasteiger partial charge < -0.3 is 14.4 Å². The van der Waals surface area contributed by atoms with E-state index in [0.29, 0.717) is 18.8 Å². The summed E-state index contributed by atoms with van der Waals surface area (Å²) >= 11 is 0. The van der Waals surface area contributed by atoms with Crippen LogP contribution < -0.4 is 16.3 Å². The number of hydrogen-bond acceptors (Lipinski definition) is 4. The lowest BCUT2D eigenvalue weighted by atomic mass is 9.93. The zero-order valence-corrected chi connectivity index (χ0v) is 15.9. The monoisotopic (exact) mass is 391 g/mol. The Kier molecular flexibility index (Phi) is 4.82. The van der Waals surface area contributed by atoms with E-state index in [1.165, 1.54) is 4.57 Å². The highest BCUT2D eigenvalue weighted by molar-refractivity contribution is 5.91. The fourth-order valence-electron chi connectivity index (χ4n) is 4.53. The number of fused-ring (bicyclic) bond motifs is 2. The summed E-state index contributed by atoms with van der Waals surface area (Å²) in [5.74, 6) is -1.31. The van der Waals surface area contributed by atoms with Crippen LogP contribution in [0.5, 0.6) is 0 Å². The summed E-state index contributed by atoms with van der Waals surface area (Å²) in [5, 5.41) is 5.06. The summed E-state index contributed by atoms with van der Waals surface area (Å²) in [4.78, 5) is 24.6. The topological polar surface area (TPSA) is 80.0 Å². The number of hydrogen-bond donors (Lipinski definition) is 2. The maximum atomic E-state index is 15.6. The Morgan fingerprint density at radius 1 is 1.29 bits per heavy atom. The molecule has 150 valence electrons. The molecule has 1 fully saturated rings. The van der Waals surface area contributed by atoms with Crippen molar-refractivity contribution in [3.8, 4) is 0 Å². The second-order valence-corrected chi connectivity index (χ2v) is 7.45. The predicted octanol–water partition coefficient (Wildman–Crippen LogP) is 3.23. The molecule has 0 radical (unpaired) electrons. The number of H-pyrrole nitrogens is 1. The lowest BCUT2D eigenvalue weighted by Gasteiger charge is -2.17. The van der Waals surface area contributed by atoms with Crippen LogP contribution in [0.1, 0.15) is 44.6 Å². The average Bonchev–Trinajstić information content (AvgIpc) is 3.28. The number of aromatic amines is 1. The van der Waals surface area contributed by atoms with E-state index in [4.69, 9.17) is 4.52 Å². The Balaban J connectivity index is 1.92. The van der Waals surface area contributed by atoms with Crippen molar-refractivity contribution in [3.63, 3.8) is 0 Å². The molecule has 0 saturated heterocycles. The van der Waals surface area contributed by atoms with Gasteiger partial charge in [0, 0.05) is 12.1 Å². The molecular weight excluding hydrogens is 368 g/mol. The Hall–Kier alpha value is -2.48. The smallest absolute Gasteiger partial charge is 0.293 e. The van der Waals surface area contributed by atoms with Crippen LogP contribution in [0.15, 0.2) is 20.2 Å². The van der Waals surface area contributed by atoms with Crippen LogP contribution in [0.2, 0.25) is 0 Å². The van der Waals surface area contributed by atoms with E-state index in [2.05, 4.69) is 10.5 Å². The number of nitrogens with zero attached hydrogens (tertiary/aromatic N) is 1. The van der Waals surface area contributed by atoms with Crippen LogP contribution in [-0.4, -0.2) is 22.8 Å². The molecule has 2 aromatic heterocycles. The number of rotatable bonds is 5. The van der Waals surface area contributed by atoms with E-state index >= 15 is 4.39 Å². The quantitative estimate of drug-likeness (QED) is 0.700. The lowest BCUT2D eigenvalue weighted by Crippen LogP contribution is -2.21. The van der Waals surface area contributed by atoms with Gasteiger partial charge >= 0.3 is 0 Å². The standard InChI is InChI=1S/C20H23F2N3O3/c1-3-23-9-10-5-6-11(7-10)14-13(21)8-12-17(16(14)22)25(4-2)20-15(18(12)26)19(27)24-28-20/h8,10-11,23H,3-7,9H2,1-2H3,(H,24,27). The molecule has 1 aliphatic carbocycles. The summed E-state index contributed by atoms with van der Waals surface area (Å²) in [6.07, 6.45) is 2.30.